The van der Waals surface area contributed by atoms with Crippen LogP contribution in [0.5, 0.6) is 5.75 Å². The van der Waals surface area contributed by atoms with E-state index < -0.39 is 41.0 Å². The van der Waals surface area contributed by atoms with E-state index in [-0.39, 0.29) is 64.1 Å². The number of carbonyl (C=O) groups is 6. The molecule has 7 rings (SSSR count). The van der Waals surface area contributed by atoms with Crippen molar-refractivity contribution in [3.05, 3.63) is 133 Å². The second-order valence-corrected chi connectivity index (χ2v) is 17.8. The molecule has 20 heteroatoms. The number of nitrogens with zero attached hydrogens (tertiary/aromatic N) is 6. The second kappa shape index (κ2) is 22.3. The van der Waals surface area contributed by atoms with Crippen molar-refractivity contribution >= 4 is 57.1 Å². The number of ether oxygens (including phenoxy) is 1. The van der Waals surface area contributed by atoms with Crippen LogP contribution in [-0.4, -0.2) is 97.5 Å². The van der Waals surface area contributed by atoms with E-state index >= 15 is 0 Å². The van der Waals surface area contributed by atoms with Crippen LogP contribution in [0.4, 0.5) is 14.5 Å². The summed E-state index contributed by atoms with van der Waals surface area (Å²) in [5.74, 6) is -3.68. The Balaban J connectivity index is 0.774. The van der Waals surface area contributed by atoms with Crippen molar-refractivity contribution in [2.45, 2.75) is 90.8 Å². The molecule has 4 heterocycles. The van der Waals surface area contributed by atoms with Gasteiger partial charge in [0.05, 0.1) is 22.5 Å². The van der Waals surface area contributed by atoms with Gasteiger partial charge < -0.3 is 20.7 Å². The Morgan fingerprint density at radius 1 is 0.884 bits per heavy atom. The first-order chi connectivity index (χ1) is 33.1. The molecule has 3 aromatic carbocycles. The Bertz CT molecular complexity index is 2870. The minimum atomic E-state index is -1.02. The number of pyridine rings is 1. The first kappa shape index (κ1) is 49.8. The normalized spacial score (nSPS) is 14.6. The van der Waals surface area contributed by atoms with Gasteiger partial charge in [-0.3, -0.25) is 52.6 Å². The first-order valence-electron chi connectivity index (χ1n) is 22.7. The highest BCUT2D eigenvalue weighted by Crippen LogP contribution is 2.33. The fourth-order valence-electron chi connectivity index (χ4n) is 8.23. The van der Waals surface area contributed by atoms with Crippen LogP contribution in [0.2, 0.25) is 0 Å². The zero-order valence-electron chi connectivity index (χ0n) is 38.4. The molecule has 1 atom stereocenters. The lowest BCUT2D eigenvalue weighted by molar-refractivity contribution is -0.149. The van der Waals surface area contributed by atoms with E-state index in [1.807, 2.05) is 13.1 Å². The van der Waals surface area contributed by atoms with Gasteiger partial charge in [-0.1, -0.05) is 17.3 Å². The molecular weight excluding hydrogens is 960 g/mol. The summed E-state index contributed by atoms with van der Waals surface area (Å²) in [6.07, 6.45) is 6.32. The molecule has 0 bridgehead atoms. The Morgan fingerprint density at radius 3 is 2.45 bits per heavy atom. The van der Waals surface area contributed by atoms with Crippen molar-refractivity contribution in [3.8, 4) is 11.4 Å². The predicted octanol–water partition coefficient (Wildman–Crippen LogP) is 5.95. The van der Waals surface area contributed by atoms with E-state index in [1.54, 1.807) is 54.1 Å². The number of fused-ring (bicyclic) bond motifs is 1. The van der Waals surface area contributed by atoms with Gasteiger partial charge >= 0.3 is 0 Å². The minimum absolute atomic E-state index is 0.0690. The summed E-state index contributed by atoms with van der Waals surface area (Å²) in [5.41, 5.74) is 3.57. The number of carbonyl (C=O) groups excluding carboxylic acids is 6. The molecular formula is C49H52BrF2N9O8. The topological polar surface area (TPSA) is 207 Å². The summed E-state index contributed by atoms with van der Waals surface area (Å²) < 4.78 is 36.5. The molecule has 2 aliphatic rings. The number of piperidine rings is 1. The van der Waals surface area contributed by atoms with Crippen LogP contribution < -0.4 is 26.2 Å². The fraction of sp³-hybridized carbons (Fsp3) is 0.367. The van der Waals surface area contributed by atoms with Crippen LogP contribution in [-0.2, 0) is 34.0 Å². The van der Waals surface area contributed by atoms with E-state index in [9.17, 15) is 42.3 Å². The fourth-order valence-corrected chi connectivity index (χ4v) is 8.64. The Hall–Kier alpha value is -7.09. The highest BCUT2D eigenvalue weighted by molar-refractivity contribution is 9.10. The van der Waals surface area contributed by atoms with Gasteiger partial charge in [0.2, 0.25) is 11.8 Å². The third-order valence-electron chi connectivity index (χ3n) is 12.1. The van der Waals surface area contributed by atoms with Gasteiger partial charge in [0.1, 0.15) is 34.5 Å². The molecule has 0 aliphatic carbocycles. The number of likely N-dealkylation sites (tertiary alicyclic amines) is 1. The molecule has 1 saturated heterocycles. The molecule has 0 spiro atoms. The lowest BCUT2D eigenvalue weighted by atomic mass is 10.0. The van der Waals surface area contributed by atoms with Gasteiger partial charge in [-0.15, -0.1) is 5.10 Å². The maximum atomic E-state index is 14.2. The number of unbranched alkanes of at least 4 members (excludes halogenated alkanes) is 2. The molecule has 2 aliphatic heterocycles. The number of imide groups is 2. The van der Waals surface area contributed by atoms with Crippen LogP contribution in [0, 0.1) is 25.5 Å². The van der Waals surface area contributed by atoms with Gasteiger partial charge in [0, 0.05) is 86.9 Å². The number of aryl methyl sites for hydroxylation is 4. The summed E-state index contributed by atoms with van der Waals surface area (Å²) >= 11 is 3.32. The molecule has 69 heavy (non-hydrogen) atoms. The van der Waals surface area contributed by atoms with E-state index in [0.717, 1.165) is 39.6 Å². The number of nitrogens with one attached hydrogen (secondary N) is 3. The average Bonchev–Trinajstić information content (AvgIpc) is 3.88. The molecule has 0 radical (unpaired) electrons. The number of likely N-dealkylation sites (N-methyl/N-ethyl adjacent to an activating group) is 1. The van der Waals surface area contributed by atoms with E-state index in [1.165, 1.54) is 17.7 Å². The summed E-state index contributed by atoms with van der Waals surface area (Å²) in [6, 6.07) is 13.8. The maximum absolute atomic E-state index is 14.2. The van der Waals surface area contributed by atoms with Crippen LogP contribution >= 0.6 is 15.9 Å². The largest absolute Gasteiger partial charge is 0.487 e. The van der Waals surface area contributed by atoms with Crippen molar-refractivity contribution < 1.29 is 42.3 Å². The van der Waals surface area contributed by atoms with Crippen molar-refractivity contribution in [3.63, 3.8) is 0 Å². The van der Waals surface area contributed by atoms with Gasteiger partial charge in [0.25, 0.3) is 29.2 Å². The molecule has 17 nitrogen and oxygen atoms in total. The lowest BCUT2D eigenvalue weighted by Gasteiger charge is -2.32. The number of benzene rings is 3. The molecule has 362 valence electrons. The Kier molecular flexibility index (Phi) is 16.1. The summed E-state index contributed by atoms with van der Waals surface area (Å²) in [6.45, 7) is 5.21. The van der Waals surface area contributed by atoms with Crippen LogP contribution in [0.3, 0.4) is 0 Å². The molecule has 2 aromatic heterocycles. The SMILES string of the molecule is Cc1ccc(C(=O)NCCCCc2cn(CCCC(=O)NCCCCNc3cccc4c3C(=O)N(C3CCC(=O)N(C)C3=O)C4=O)nn2)cc1-n1c(C)cc(OCc2ccc(F)cc2F)c(Br)c1=O. The quantitative estimate of drug-likeness (QED) is 0.0579. The standard InChI is InChI=1S/C49H52BrF2N9O8/c1-29-14-15-31(25-39(29)60-30(2)24-40(44(50)49(60)68)69-28-32-16-17-33(51)26-36(32)52)45(64)55-22-5-4-10-34-27-59(57-56-34)23-9-13-41(62)54-21-7-6-20-53-37-12-8-11-35-43(37)48(67)61(46(35)65)38-18-19-42(63)58(3)47(38)66/h8,11-12,14-17,24-27,38,53H,4-7,9-10,13,18-23,28H2,1-3H3,(H,54,62)(H,55,64). The number of amides is 6. The van der Waals surface area contributed by atoms with Crippen molar-refractivity contribution in [2.75, 3.05) is 32.0 Å². The maximum Gasteiger partial charge on any atom is 0.273 e. The number of rotatable bonds is 21. The van der Waals surface area contributed by atoms with Crippen LogP contribution in [0.1, 0.15) is 105 Å². The number of hydrogen-bond acceptors (Lipinski definition) is 11. The van der Waals surface area contributed by atoms with Gasteiger partial charge in [0.15, 0.2) is 0 Å². The van der Waals surface area contributed by atoms with Crippen LogP contribution in [0.25, 0.3) is 5.69 Å². The number of aromatic nitrogens is 4. The molecule has 5 aromatic rings. The number of hydrogen-bond donors (Lipinski definition) is 3. The Labute approximate surface area is 404 Å². The van der Waals surface area contributed by atoms with E-state index in [2.05, 4.69) is 42.2 Å². The summed E-state index contributed by atoms with van der Waals surface area (Å²) in [7, 11) is 1.35. The zero-order chi connectivity index (χ0) is 49.4. The van der Waals surface area contributed by atoms with Gasteiger partial charge in [-0.25, -0.2) is 8.78 Å². The molecule has 1 fully saturated rings. The zero-order valence-corrected chi connectivity index (χ0v) is 40.0. The third-order valence-corrected chi connectivity index (χ3v) is 12.8. The van der Waals surface area contributed by atoms with Crippen molar-refractivity contribution in [1.29, 1.82) is 0 Å². The third kappa shape index (κ3) is 11.6. The monoisotopic (exact) mass is 1010 g/mol. The summed E-state index contributed by atoms with van der Waals surface area (Å²) in [5, 5.41) is 17.5. The molecule has 3 N–H and O–H groups in total. The molecule has 1 unspecified atom stereocenters. The smallest absolute Gasteiger partial charge is 0.273 e. The molecule has 0 saturated carbocycles. The average molecular weight is 1010 g/mol. The van der Waals surface area contributed by atoms with Crippen molar-refractivity contribution in [2.24, 2.45) is 0 Å². The van der Waals surface area contributed by atoms with Crippen LogP contribution in [0.15, 0.2) is 76.1 Å². The predicted molar refractivity (Wildman–Crippen MR) is 253 cm³/mol. The van der Waals surface area contributed by atoms with E-state index in [4.69, 9.17) is 4.74 Å². The minimum Gasteiger partial charge on any atom is -0.487 e. The van der Waals surface area contributed by atoms with E-state index in [0.29, 0.717) is 87.3 Å². The van der Waals surface area contributed by atoms with Gasteiger partial charge in [-0.2, -0.15) is 0 Å². The van der Waals surface area contributed by atoms with Gasteiger partial charge in [-0.05, 0) is 117 Å². The summed E-state index contributed by atoms with van der Waals surface area (Å²) in [4.78, 5) is 92.5. The Morgan fingerprint density at radius 2 is 1.65 bits per heavy atom. The lowest BCUT2D eigenvalue weighted by Crippen LogP contribution is -2.54. The van der Waals surface area contributed by atoms with Crippen molar-refractivity contribution in [1.82, 2.24) is 40.0 Å². The highest BCUT2D eigenvalue weighted by atomic mass is 79.9. The first-order valence-corrected chi connectivity index (χ1v) is 23.5. The molecule has 6 amide bonds. The second-order valence-electron chi connectivity index (χ2n) is 17.0. The number of halogens is 3. The highest BCUT2D eigenvalue weighted by Gasteiger charge is 2.47. The number of anilines is 1.